The summed E-state index contributed by atoms with van der Waals surface area (Å²) in [6, 6.07) is 8.90. The number of hydrogen-bond donors (Lipinski definition) is 1. The van der Waals surface area contributed by atoms with Crippen LogP contribution in [0.3, 0.4) is 0 Å². The van der Waals surface area contributed by atoms with Crippen LogP contribution in [0.25, 0.3) is 23.1 Å². The minimum Gasteiger partial charge on any atom is -0.341 e. The molecule has 1 N–H and O–H groups in total. The Hall–Kier alpha value is -1.58. The first kappa shape index (κ1) is 15.0. The number of fused-ring (bicyclic) bond motifs is 3. The molecular weight excluding hydrogens is 282 g/mol. The highest BCUT2D eigenvalue weighted by atomic mass is 15.2. The van der Waals surface area contributed by atoms with Crippen LogP contribution in [0.5, 0.6) is 0 Å². The number of rotatable bonds is 5. The molecule has 2 heterocycles. The zero-order chi connectivity index (χ0) is 15.5. The van der Waals surface area contributed by atoms with Gasteiger partial charge in [-0.3, -0.25) is 0 Å². The van der Waals surface area contributed by atoms with Crippen LogP contribution in [0.1, 0.15) is 25.7 Å². The molecule has 0 amide bonds. The van der Waals surface area contributed by atoms with Gasteiger partial charge in [0, 0.05) is 54.2 Å². The second-order valence-electron chi connectivity index (χ2n) is 6.75. The highest BCUT2D eigenvalue weighted by molar-refractivity contribution is 5.82. The van der Waals surface area contributed by atoms with Crippen LogP contribution in [0.15, 0.2) is 24.3 Å². The molecule has 0 atom stereocenters. The SMILES string of the molecule is C1=c2c(n(CCCCN3CCNCC3)c3ccccc23)=CCC1. The van der Waals surface area contributed by atoms with Crippen LogP contribution in [0.2, 0.25) is 0 Å². The van der Waals surface area contributed by atoms with E-state index in [9.17, 15) is 0 Å². The van der Waals surface area contributed by atoms with Gasteiger partial charge in [0.2, 0.25) is 0 Å². The molecule has 1 aliphatic heterocycles. The molecule has 4 rings (SSSR count). The van der Waals surface area contributed by atoms with E-state index < -0.39 is 0 Å². The standard InChI is InChI=1S/C20H27N3/c1-3-9-19-17(7-1)18-8-2-4-10-20(18)23(19)14-6-5-13-22-15-11-21-12-16-22/h1,3,7-10,21H,2,4-6,11-16H2. The minimum atomic E-state index is 1.15. The summed E-state index contributed by atoms with van der Waals surface area (Å²) in [4.78, 5) is 2.60. The second kappa shape index (κ2) is 6.90. The maximum atomic E-state index is 3.43. The summed E-state index contributed by atoms with van der Waals surface area (Å²) in [5.41, 5.74) is 1.41. The Morgan fingerprint density at radius 2 is 1.70 bits per heavy atom. The maximum absolute atomic E-state index is 3.43. The summed E-state index contributed by atoms with van der Waals surface area (Å²) in [6.45, 7) is 7.13. The topological polar surface area (TPSA) is 20.2 Å². The quantitative estimate of drug-likeness (QED) is 0.848. The first-order valence-corrected chi connectivity index (χ1v) is 9.14. The molecule has 1 fully saturated rings. The molecule has 0 radical (unpaired) electrons. The van der Waals surface area contributed by atoms with E-state index in [1.165, 1.54) is 66.8 Å². The number of nitrogens with zero attached hydrogens (tertiary/aromatic N) is 2. The van der Waals surface area contributed by atoms with Crippen LogP contribution in [0.4, 0.5) is 0 Å². The molecule has 3 heteroatoms. The molecule has 0 unspecified atom stereocenters. The van der Waals surface area contributed by atoms with E-state index in [1.54, 1.807) is 0 Å². The van der Waals surface area contributed by atoms with Gasteiger partial charge >= 0.3 is 0 Å². The number of piperazine rings is 1. The van der Waals surface area contributed by atoms with Crippen molar-refractivity contribution in [2.75, 3.05) is 32.7 Å². The zero-order valence-corrected chi connectivity index (χ0v) is 13.9. The van der Waals surface area contributed by atoms with Gasteiger partial charge in [0.05, 0.1) is 0 Å². The summed E-state index contributed by atoms with van der Waals surface area (Å²) in [6.07, 6.45) is 9.79. The number of aryl methyl sites for hydroxylation is 1. The predicted molar refractivity (Wildman–Crippen MR) is 97.9 cm³/mol. The molecule has 3 nitrogen and oxygen atoms in total. The van der Waals surface area contributed by atoms with Gasteiger partial charge in [0.25, 0.3) is 0 Å². The number of benzene rings is 1. The molecule has 0 spiro atoms. The van der Waals surface area contributed by atoms with Crippen molar-refractivity contribution < 1.29 is 0 Å². The van der Waals surface area contributed by atoms with Crippen molar-refractivity contribution in [1.29, 1.82) is 0 Å². The molecule has 1 aliphatic carbocycles. The van der Waals surface area contributed by atoms with Gasteiger partial charge < -0.3 is 14.8 Å². The van der Waals surface area contributed by atoms with Gasteiger partial charge in [-0.2, -0.15) is 0 Å². The molecule has 1 saturated heterocycles. The van der Waals surface area contributed by atoms with E-state index in [0.29, 0.717) is 0 Å². The van der Waals surface area contributed by atoms with Gasteiger partial charge in [0.1, 0.15) is 0 Å². The van der Waals surface area contributed by atoms with E-state index in [2.05, 4.69) is 51.2 Å². The fraction of sp³-hybridized carbons (Fsp3) is 0.500. The number of para-hydroxylation sites is 1. The number of nitrogens with one attached hydrogen (secondary N) is 1. The van der Waals surface area contributed by atoms with Crippen molar-refractivity contribution >= 4 is 23.1 Å². The van der Waals surface area contributed by atoms with Gasteiger partial charge in [-0.25, -0.2) is 0 Å². The lowest BCUT2D eigenvalue weighted by Gasteiger charge is -2.27. The third-order valence-electron chi connectivity index (χ3n) is 5.22. The Morgan fingerprint density at radius 3 is 2.61 bits per heavy atom. The largest absolute Gasteiger partial charge is 0.341 e. The number of aromatic nitrogens is 1. The molecule has 2 aromatic rings. The fourth-order valence-corrected chi connectivity index (χ4v) is 4.01. The van der Waals surface area contributed by atoms with Gasteiger partial charge in [-0.05, 0) is 38.3 Å². The van der Waals surface area contributed by atoms with Crippen LogP contribution in [-0.4, -0.2) is 42.2 Å². The maximum Gasteiger partial charge on any atom is 0.0491 e. The molecule has 23 heavy (non-hydrogen) atoms. The van der Waals surface area contributed by atoms with Crippen LogP contribution in [0, 0.1) is 0 Å². The summed E-state index contributed by atoms with van der Waals surface area (Å²) in [7, 11) is 0. The monoisotopic (exact) mass is 309 g/mol. The number of unbranched alkanes of at least 4 members (excludes halogenated alkanes) is 1. The second-order valence-corrected chi connectivity index (χ2v) is 6.75. The van der Waals surface area contributed by atoms with Gasteiger partial charge in [0.15, 0.2) is 0 Å². The molecule has 0 saturated carbocycles. The summed E-state index contributed by atoms with van der Waals surface area (Å²) in [5.74, 6) is 0. The van der Waals surface area contributed by atoms with E-state index in [-0.39, 0.29) is 0 Å². The van der Waals surface area contributed by atoms with Crippen molar-refractivity contribution in [3.8, 4) is 0 Å². The Bertz CT molecular complexity index is 781. The van der Waals surface area contributed by atoms with Gasteiger partial charge in [-0.15, -0.1) is 0 Å². The van der Waals surface area contributed by atoms with Crippen molar-refractivity contribution in [1.82, 2.24) is 14.8 Å². The first-order chi connectivity index (χ1) is 11.4. The first-order valence-electron chi connectivity index (χ1n) is 9.14. The van der Waals surface area contributed by atoms with E-state index in [0.717, 1.165) is 19.6 Å². The summed E-state index contributed by atoms with van der Waals surface area (Å²) < 4.78 is 2.55. The molecule has 0 bridgehead atoms. The van der Waals surface area contributed by atoms with E-state index in [1.807, 2.05) is 0 Å². The highest BCUT2D eigenvalue weighted by Crippen LogP contribution is 2.12. The fourth-order valence-electron chi connectivity index (χ4n) is 4.01. The van der Waals surface area contributed by atoms with Crippen molar-refractivity contribution in [3.05, 3.63) is 34.8 Å². The highest BCUT2D eigenvalue weighted by Gasteiger charge is 2.10. The normalized spacial score (nSPS) is 18.4. The average Bonchev–Trinajstić information content (AvgIpc) is 2.94. The zero-order valence-electron chi connectivity index (χ0n) is 13.9. The van der Waals surface area contributed by atoms with Crippen LogP contribution < -0.4 is 15.9 Å². The Balaban J connectivity index is 1.49. The van der Waals surface area contributed by atoms with Crippen LogP contribution in [-0.2, 0) is 6.54 Å². The molecule has 122 valence electrons. The molecule has 2 aliphatic rings. The van der Waals surface area contributed by atoms with Crippen LogP contribution >= 0.6 is 0 Å². The number of hydrogen-bond acceptors (Lipinski definition) is 2. The Labute approximate surface area is 138 Å². The van der Waals surface area contributed by atoms with Gasteiger partial charge in [-0.1, -0.05) is 30.4 Å². The lowest BCUT2D eigenvalue weighted by Crippen LogP contribution is -2.43. The van der Waals surface area contributed by atoms with E-state index >= 15 is 0 Å². The van der Waals surface area contributed by atoms with E-state index in [4.69, 9.17) is 0 Å². The molecule has 1 aromatic heterocycles. The Kier molecular flexibility index (Phi) is 4.49. The summed E-state index contributed by atoms with van der Waals surface area (Å²) in [5, 5.41) is 7.78. The lowest BCUT2D eigenvalue weighted by molar-refractivity contribution is 0.235. The molecular formula is C20H27N3. The third-order valence-corrected chi connectivity index (χ3v) is 5.22. The lowest BCUT2D eigenvalue weighted by atomic mass is 10.1. The average molecular weight is 309 g/mol. The van der Waals surface area contributed by atoms with Crippen molar-refractivity contribution in [2.24, 2.45) is 0 Å². The predicted octanol–water partition coefficient (Wildman–Crippen LogP) is 1.68. The molecule has 1 aromatic carbocycles. The van der Waals surface area contributed by atoms with Crippen molar-refractivity contribution in [2.45, 2.75) is 32.2 Å². The summed E-state index contributed by atoms with van der Waals surface area (Å²) >= 11 is 0. The minimum absolute atomic E-state index is 1.15. The Morgan fingerprint density at radius 1 is 0.913 bits per heavy atom. The van der Waals surface area contributed by atoms with Crippen molar-refractivity contribution in [3.63, 3.8) is 0 Å². The smallest absolute Gasteiger partial charge is 0.0491 e. The third kappa shape index (κ3) is 3.08.